The van der Waals surface area contributed by atoms with E-state index in [-0.39, 0.29) is 12.2 Å². The summed E-state index contributed by atoms with van der Waals surface area (Å²) >= 11 is -1.44. The van der Waals surface area contributed by atoms with Crippen molar-refractivity contribution in [2.45, 2.75) is 57.6 Å². The molecule has 0 aliphatic carbocycles. The highest BCUT2D eigenvalue weighted by Gasteiger charge is 2.33. The first-order valence-electron chi connectivity index (χ1n) is 13.2. The second-order valence-corrected chi connectivity index (χ2v) is 19.0. The number of para-hydroxylation sites is 1. The molecular formula is C30H34FN5O2SSi. The van der Waals surface area contributed by atoms with Crippen molar-refractivity contribution < 1.29 is 13.5 Å². The van der Waals surface area contributed by atoms with E-state index < -0.39 is 30.2 Å². The zero-order valence-electron chi connectivity index (χ0n) is 23.6. The minimum Gasteiger partial charge on any atom is -0.598 e. The standard InChI is InChI=1S/C30H34FN5O2SSi/c1-30(2,3)39(37)36-24(20-11-7-8-12-21(20)29-22-13-9-10-14-26(22)38-35-29)15-25-28(31)27(40(4,5)6)16-23(34-25)19-17-32-33-18-19/h7-14,16-18,24,36H,15H2,1-6H3,(H,32,33). The zero-order valence-corrected chi connectivity index (χ0v) is 25.4. The number of benzene rings is 2. The highest BCUT2D eigenvalue weighted by Crippen LogP contribution is 2.35. The third kappa shape index (κ3) is 5.76. The molecule has 5 rings (SSSR count). The summed E-state index contributed by atoms with van der Waals surface area (Å²) in [5.41, 5.74) is 4.79. The third-order valence-corrected chi connectivity index (χ3v) is 10.4. The fraction of sp³-hybridized carbons (Fsp3) is 0.300. The molecule has 0 bridgehead atoms. The Kier molecular flexibility index (Phi) is 7.71. The van der Waals surface area contributed by atoms with Crippen molar-refractivity contribution in [1.29, 1.82) is 0 Å². The molecule has 0 aliphatic rings. The smallest absolute Gasteiger partial charge is 0.167 e. The third-order valence-electron chi connectivity index (χ3n) is 6.80. The summed E-state index contributed by atoms with van der Waals surface area (Å²) in [5, 5.41) is 12.8. The van der Waals surface area contributed by atoms with Crippen LogP contribution in [-0.2, 0) is 17.8 Å². The van der Waals surface area contributed by atoms with E-state index in [1.165, 1.54) is 0 Å². The minimum absolute atomic E-state index is 0.184. The van der Waals surface area contributed by atoms with Crippen LogP contribution in [0.25, 0.3) is 33.5 Å². The van der Waals surface area contributed by atoms with Gasteiger partial charge in [0.15, 0.2) is 5.58 Å². The van der Waals surface area contributed by atoms with Gasteiger partial charge in [-0.25, -0.2) is 9.37 Å². The number of aromatic amines is 1. The molecule has 40 heavy (non-hydrogen) atoms. The van der Waals surface area contributed by atoms with Gasteiger partial charge in [-0.2, -0.15) is 5.10 Å². The predicted molar refractivity (Wildman–Crippen MR) is 162 cm³/mol. The number of aromatic nitrogens is 4. The zero-order chi connectivity index (χ0) is 28.7. The summed E-state index contributed by atoms with van der Waals surface area (Å²) in [4.78, 5) is 4.78. The first kappa shape index (κ1) is 28.2. The number of rotatable bonds is 8. The number of hydrogen-bond acceptors (Lipinski definition) is 6. The average molecular weight is 576 g/mol. The van der Waals surface area contributed by atoms with Crippen molar-refractivity contribution >= 4 is 35.6 Å². The number of H-pyrrole nitrogens is 1. The lowest BCUT2D eigenvalue weighted by Crippen LogP contribution is -2.43. The molecule has 10 heteroatoms. The largest absolute Gasteiger partial charge is 0.598 e. The van der Waals surface area contributed by atoms with Gasteiger partial charge in [0.25, 0.3) is 0 Å². The van der Waals surface area contributed by atoms with E-state index in [2.05, 4.69) is 39.7 Å². The van der Waals surface area contributed by atoms with Crippen LogP contribution in [0.4, 0.5) is 4.39 Å². The highest BCUT2D eigenvalue weighted by molar-refractivity contribution is 7.90. The van der Waals surface area contributed by atoms with Gasteiger partial charge in [0.05, 0.1) is 31.7 Å². The minimum atomic E-state index is -2.08. The Bertz CT molecular complexity index is 1630. The van der Waals surface area contributed by atoms with Crippen LogP contribution in [0, 0.1) is 5.82 Å². The SMILES string of the molecule is CC(C)(C)[S+]([O-])NC(Cc1nc(-c2cn[nH]c2)cc([Si](C)(C)C)c1F)c1ccccc1-c1noc2ccccc12. The summed E-state index contributed by atoms with van der Waals surface area (Å²) < 4.78 is 38.1. The van der Waals surface area contributed by atoms with Crippen LogP contribution in [0.5, 0.6) is 0 Å². The number of halogens is 1. The van der Waals surface area contributed by atoms with E-state index in [4.69, 9.17) is 9.51 Å². The molecule has 3 heterocycles. The van der Waals surface area contributed by atoms with Gasteiger partial charge in [-0.15, -0.1) is 4.72 Å². The van der Waals surface area contributed by atoms with E-state index in [0.29, 0.717) is 27.9 Å². The summed E-state index contributed by atoms with van der Waals surface area (Å²) in [5.74, 6) is -0.302. The molecule has 0 amide bonds. The van der Waals surface area contributed by atoms with Gasteiger partial charge in [0.2, 0.25) is 0 Å². The normalized spacial score (nSPS) is 14.0. The first-order valence-corrected chi connectivity index (χ1v) is 17.9. The van der Waals surface area contributed by atoms with Gasteiger partial charge in [-0.1, -0.05) is 61.2 Å². The fourth-order valence-corrected chi connectivity index (χ4v) is 6.81. The second-order valence-electron chi connectivity index (χ2n) is 11.9. The molecule has 208 valence electrons. The van der Waals surface area contributed by atoms with Crippen LogP contribution in [0.3, 0.4) is 0 Å². The molecule has 2 N–H and O–H groups in total. The molecule has 2 aromatic carbocycles. The fourth-order valence-electron chi connectivity index (χ4n) is 4.61. The molecule has 0 spiro atoms. The Morgan fingerprint density at radius 2 is 1.82 bits per heavy atom. The van der Waals surface area contributed by atoms with Gasteiger partial charge in [0, 0.05) is 40.5 Å². The lowest BCUT2D eigenvalue weighted by atomic mass is 9.94. The Balaban J connectivity index is 1.66. The average Bonchev–Trinajstić information content (AvgIpc) is 3.59. The van der Waals surface area contributed by atoms with Crippen LogP contribution in [0.2, 0.25) is 19.6 Å². The Labute approximate surface area is 237 Å². The van der Waals surface area contributed by atoms with Gasteiger partial charge in [-0.05, 0) is 49.7 Å². The van der Waals surface area contributed by atoms with Crippen LogP contribution < -0.4 is 9.91 Å². The van der Waals surface area contributed by atoms with Gasteiger partial charge < -0.3 is 9.08 Å². The molecule has 0 aliphatic heterocycles. The Morgan fingerprint density at radius 3 is 2.52 bits per heavy atom. The molecule has 3 aromatic heterocycles. The number of hydrogen-bond donors (Lipinski definition) is 2. The highest BCUT2D eigenvalue weighted by atomic mass is 32.2. The quantitative estimate of drug-likeness (QED) is 0.166. The van der Waals surface area contributed by atoms with Crippen molar-refractivity contribution in [3.63, 3.8) is 0 Å². The lowest BCUT2D eigenvalue weighted by molar-refractivity contribution is 0.459. The maximum Gasteiger partial charge on any atom is 0.167 e. The predicted octanol–water partition coefficient (Wildman–Crippen LogP) is 6.30. The van der Waals surface area contributed by atoms with Gasteiger partial charge in [-0.3, -0.25) is 5.10 Å². The molecule has 5 aromatic rings. The van der Waals surface area contributed by atoms with E-state index in [9.17, 15) is 4.55 Å². The number of nitrogens with zero attached hydrogens (tertiary/aromatic N) is 3. The van der Waals surface area contributed by atoms with Gasteiger partial charge in [0.1, 0.15) is 16.3 Å². The number of nitrogens with one attached hydrogen (secondary N) is 2. The van der Waals surface area contributed by atoms with Crippen LogP contribution in [-0.4, -0.2) is 37.7 Å². The number of pyridine rings is 1. The Hall–Kier alpha value is -3.31. The molecule has 0 saturated heterocycles. The molecule has 0 radical (unpaired) electrons. The topological polar surface area (TPSA) is 103 Å². The van der Waals surface area contributed by atoms with E-state index in [1.54, 1.807) is 12.4 Å². The van der Waals surface area contributed by atoms with E-state index >= 15 is 4.39 Å². The molecule has 2 atom stereocenters. The van der Waals surface area contributed by atoms with Crippen molar-refractivity contribution in [2.24, 2.45) is 0 Å². The molecule has 0 fully saturated rings. The van der Waals surface area contributed by atoms with Crippen LogP contribution in [0.15, 0.2) is 71.5 Å². The summed E-state index contributed by atoms with van der Waals surface area (Å²) in [6, 6.07) is 16.8. The maximum absolute atomic E-state index is 16.2. The monoisotopic (exact) mass is 575 g/mol. The van der Waals surface area contributed by atoms with Gasteiger partial charge >= 0.3 is 0 Å². The summed E-state index contributed by atoms with van der Waals surface area (Å²) in [6.45, 7) is 12.1. The maximum atomic E-state index is 16.2. The van der Waals surface area contributed by atoms with Crippen molar-refractivity contribution in [3.8, 4) is 22.5 Å². The van der Waals surface area contributed by atoms with Crippen LogP contribution in [0.1, 0.15) is 38.1 Å². The van der Waals surface area contributed by atoms with E-state index in [1.807, 2.05) is 75.4 Å². The molecule has 0 saturated carbocycles. The van der Waals surface area contributed by atoms with Crippen molar-refractivity contribution in [1.82, 2.24) is 25.1 Å². The Morgan fingerprint density at radius 1 is 1.10 bits per heavy atom. The molecular weight excluding hydrogens is 542 g/mol. The number of fused-ring (bicyclic) bond motifs is 1. The summed E-state index contributed by atoms with van der Waals surface area (Å²) in [7, 11) is -2.08. The molecule has 2 unspecified atom stereocenters. The lowest BCUT2D eigenvalue weighted by Gasteiger charge is -2.29. The van der Waals surface area contributed by atoms with E-state index in [0.717, 1.165) is 22.1 Å². The van der Waals surface area contributed by atoms with Crippen molar-refractivity contribution in [3.05, 3.63) is 84.1 Å². The van der Waals surface area contributed by atoms with Crippen LogP contribution >= 0.6 is 0 Å². The summed E-state index contributed by atoms with van der Waals surface area (Å²) in [6.07, 6.45) is 3.63. The molecule has 7 nitrogen and oxygen atoms in total. The first-order chi connectivity index (χ1) is 18.9. The second kappa shape index (κ2) is 10.9. The van der Waals surface area contributed by atoms with Crippen molar-refractivity contribution in [2.75, 3.05) is 0 Å².